The Hall–Kier alpha value is -0.570. The van der Waals surface area contributed by atoms with Crippen LogP contribution < -0.4 is 11.5 Å². The maximum absolute atomic E-state index is 11.1. The van der Waals surface area contributed by atoms with Crippen LogP contribution in [-0.4, -0.2) is 12.5 Å². The largest absolute Gasteiger partial charge is 0.369 e. The summed E-state index contributed by atoms with van der Waals surface area (Å²) in [5.74, 6) is -0.182. The zero-order chi connectivity index (χ0) is 12.9. The summed E-state index contributed by atoms with van der Waals surface area (Å²) in [7, 11) is 0. The van der Waals surface area contributed by atoms with E-state index < -0.39 is 0 Å². The summed E-state index contributed by atoms with van der Waals surface area (Å²) >= 11 is 0. The first-order chi connectivity index (χ1) is 8.22. The van der Waals surface area contributed by atoms with Gasteiger partial charge < -0.3 is 11.5 Å². The maximum Gasteiger partial charge on any atom is 0.220 e. The van der Waals surface area contributed by atoms with Gasteiger partial charge in [-0.2, -0.15) is 0 Å². The quantitative estimate of drug-likeness (QED) is 0.517. The van der Waals surface area contributed by atoms with Crippen LogP contribution in [0.25, 0.3) is 0 Å². The molecule has 0 rings (SSSR count). The van der Waals surface area contributed by atoms with Crippen LogP contribution in [0.2, 0.25) is 0 Å². The van der Waals surface area contributed by atoms with Crippen molar-refractivity contribution in [3.8, 4) is 0 Å². The molecule has 0 aliphatic rings. The summed E-state index contributed by atoms with van der Waals surface area (Å²) in [6.07, 6.45) is 12.0. The summed E-state index contributed by atoms with van der Waals surface area (Å²) in [6, 6.07) is 0. The van der Waals surface area contributed by atoms with Gasteiger partial charge in [0, 0.05) is 5.92 Å². The monoisotopic (exact) mass is 242 g/mol. The Kier molecular flexibility index (Phi) is 11.5. The van der Waals surface area contributed by atoms with Crippen LogP contribution in [0.4, 0.5) is 0 Å². The highest BCUT2D eigenvalue weighted by atomic mass is 16.1. The first-order valence-electron chi connectivity index (χ1n) is 7.21. The molecule has 0 bridgehead atoms. The van der Waals surface area contributed by atoms with Crippen molar-refractivity contribution in [3.05, 3.63) is 0 Å². The smallest absolute Gasteiger partial charge is 0.220 e. The Labute approximate surface area is 106 Å². The third-order valence-electron chi connectivity index (χ3n) is 3.32. The fourth-order valence-electron chi connectivity index (χ4n) is 2.15. The molecule has 0 aromatic heterocycles. The van der Waals surface area contributed by atoms with Crippen molar-refractivity contribution in [2.24, 2.45) is 17.4 Å². The predicted molar refractivity (Wildman–Crippen MR) is 73.6 cm³/mol. The molecule has 17 heavy (non-hydrogen) atoms. The Morgan fingerprint density at radius 3 is 1.94 bits per heavy atom. The Morgan fingerprint density at radius 1 is 0.941 bits per heavy atom. The van der Waals surface area contributed by atoms with Gasteiger partial charge in [-0.25, -0.2) is 0 Å². The van der Waals surface area contributed by atoms with Gasteiger partial charge in [0.25, 0.3) is 0 Å². The molecule has 0 aliphatic carbocycles. The Bertz CT molecular complexity index is 183. The van der Waals surface area contributed by atoms with E-state index in [9.17, 15) is 4.79 Å². The first-order valence-corrected chi connectivity index (χ1v) is 7.21. The van der Waals surface area contributed by atoms with Gasteiger partial charge in [-0.15, -0.1) is 0 Å². The molecule has 3 heteroatoms. The number of rotatable bonds is 12. The van der Waals surface area contributed by atoms with Crippen molar-refractivity contribution < 1.29 is 4.79 Å². The highest BCUT2D eigenvalue weighted by Crippen LogP contribution is 2.15. The molecule has 3 nitrogen and oxygen atoms in total. The minimum atomic E-state index is -0.182. The number of nitrogens with two attached hydrogens (primary N) is 2. The average molecular weight is 242 g/mol. The fraction of sp³-hybridized carbons (Fsp3) is 0.929. The van der Waals surface area contributed by atoms with Crippen molar-refractivity contribution in [1.29, 1.82) is 0 Å². The highest BCUT2D eigenvalue weighted by molar-refractivity contribution is 5.76. The highest BCUT2D eigenvalue weighted by Gasteiger charge is 2.13. The van der Waals surface area contributed by atoms with E-state index in [1.165, 1.54) is 44.9 Å². The molecule has 0 saturated heterocycles. The average Bonchev–Trinajstić information content (AvgIpc) is 2.31. The standard InChI is InChI=1S/C14H30N2O/c1-2-3-4-5-6-7-8-9-10-13(11-12-15)14(16)17/h13H,2-12,15H2,1H3,(H2,16,17). The van der Waals surface area contributed by atoms with Crippen LogP contribution in [0.3, 0.4) is 0 Å². The lowest BCUT2D eigenvalue weighted by molar-refractivity contribution is -0.122. The topological polar surface area (TPSA) is 69.1 Å². The Morgan fingerprint density at radius 2 is 1.47 bits per heavy atom. The third kappa shape index (κ3) is 10.3. The van der Waals surface area contributed by atoms with E-state index in [4.69, 9.17) is 11.5 Å². The number of unbranched alkanes of at least 4 members (excludes halogenated alkanes) is 7. The van der Waals surface area contributed by atoms with E-state index >= 15 is 0 Å². The second-order valence-electron chi connectivity index (χ2n) is 4.94. The number of carbonyl (C=O) groups is 1. The summed E-state index contributed by atoms with van der Waals surface area (Å²) in [5, 5.41) is 0. The number of hydrogen-bond donors (Lipinski definition) is 2. The minimum absolute atomic E-state index is 0.0000846. The van der Waals surface area contributed by atoms with Gasteiger partial charge in [-0.1, -0.05) is 58.3 Å². The van der Waals surface area contributed by atoms with Crippen LogP contribution >= 0.6 is 0 Å². The van der Waals surface area contributed by atoms with Crippen molar-refractivity contribution in [2.75, 3.05) is 6.54 Å². The lowest BCUT2D eigenvalue weighted by Crippen LogP contribution is -2.25. The number of hydrogen-bond acceptors (Lipinski definition) is 2. The number of primary amides is 1. The SMILES string of the molecule is CCCCCCCCCCC(CCN)C(N)=O. The summed E-state index contributed by atoms with van der Waals surface area (Å²) < 4.78 is 0. The van der Waals surface area contributed by atoms with Gasteiger partial charge in [-0.05, 0) is 19.4 Å². The van der Waals surface area contributed by atoms with Crippen LogP contribution in [0.15, 0.2) is 0 Å². The molecule has 1 unspecified atom stereocenters. The van der Waals surface area contributed by atoms with Gasteiger partial charge >= 0.3 is 0 Å². The minimum Gasteiger partial charge on any atom is -0.369 e. The zero-order valence-electron chi connectivity index (χ0n) is 11.4. The van der Waals surface area contributed by atoms with E-state index in [1.54, 1.807) is 0 Å². The molecule has 0 aliphatic heterocycles. The molecule has 4 N–H and O–H groups in total. The molecule has 0 fully saturated rings. The molecule has 0 aromatic rings. The number of carbonyl (C=O) groups excluding carboxylic acids is 1. The molecule has 102 valence electrons. The van der Waals surface area contributed by atoms with Crippen LogP contribution in [0.1, 0.15) is 71.1 Å². The molecular weight excluding hydrogens is 212 g/mol. The molecule has 0 aromatic carbocycles. The second-order valence-corrected chi connectivity index (χ2v) is 4.94. The van der Waals surface area contributed by atoms with Gasteiger partial charge in [0.05, 0.1) is 0 Å². The summed E-state index contributed by atoms with van der Waals surface area (Å²) in [6.45, 7) is 2.80. The molecule has 0 radical (unpaired) electrons. The van der Waals surface area contributed by atoms with E-state index in [0.29, 0.717) is 6.54 Å². The van der Waals surface area contributed by atoms with Gasteiger partial charge in [0.1, 0.15) is 0 Å². The van der Waals surface area contributed by atoms with Gasteiger partial charge in [0.15, 0.2) is 0 Å². The number of amides is 1. The zero-order valence-corrected chi connectivity index (χ0v) is 11.4. The summed E-state index contributed by atoms with van der Waals surface area (Å²) in [4.78, 5) is 11.1. The Balaban J connectivity index is 3.33. The van der Waals surface area contributed by atoms with Crippen LogP contribution in [-0.2, 0) is 4.79 Å². The van der Waals surface area contributed by atoms with Crippen LogP contribution in [0.5, 0.6) is 0 Å². The molecule has 1 amide bonds. The van der Waals surface area contributed by atoms with Gasteiger partial charge in [0.2, 0.25) is 5.91 Å². The van der Waals surface area contributed by atoms with Crippen molar-refractivity contribution in [1.82, 2.24) is 0 Å². The first kappa shape index (κ1) is 16.4. The normalized spacial score (nSPS) is 12.6. The van der Waals surface area contributed by atoms with E-state index in [0.717, 1.165) is 19.3 Å². The van der Waals surface area contributed by atoms with E-state index in [1.807, 2.05) is 0 Å². The van der Waals surface area contributed by atoms with Crippen molar-refractivity contribution >= 4 is 5.91 Å². The predicted octanol–water partition coefficient (Wildman–Crippen LogP) is 2.97. The third-order valence-corrected chi connectivity index (χ3v) is 3.32. The second kappa shape index (κ2) is 11.9. The molecule has 1 atom stereocenters. The van der Waals surface area contributed by atoms with Crippen LogP contribution in [0, 0.1) is 5.92 Å². The lowest BCUT2D eigenvalue weighted by Gasteiger charge is -2.11. The molecule has 0 spiro atoms. The lowest BCUT2D eigenvalue weighted by atomic mass is 9.96. The van der Waals surface area contributed by atoms with E-state index in [-0.39, 0.29) is 11.8 Å². The van der Waals surface area contributed by atoms with Gasteiger partial charge in [-0.3, -0.25) is 4.79 Å². The molecule has 0 heterocycles. The summed E-state index contributed by atoms with van der Waals surface area (Å²) in [5.41, 5.74) is 10.8. The van der Waals surface area contributed by atoms with Crippen molar-refractivity contribution in [3.63, 3.8) is 0 Å². The fourth-order valence-corrected chi connectivity index (χ4v) is 2.15. The molecular formula is C14H30N2O. The van der Waals surface area contributed by atoms with E-state index in [2.05, 4.69) is 6.92 Å². The molecule has 0 saturated carbocycles. The maximum atomic E-state index is 11.1. The van der Waals surface area contributed by atoms with Crippen molar-refractivity contribution in [2.45, 2.75) is 71.1 Å².